The average Bonchev–Trinajstić information content (AvgIpc) is 2.98. The van der Waals surface area contributed by atoms with E-state index in [-0.39, 0.29) is 4.90 Å². The summed E-state index contributed by atoms with van der Waals surface area (Å²) in [6.07, 6.45) is 0. The van der Waals surface area contributed by atoms with Gasteiger partial charge in [-0.05, 0) is 38.1 Å². The van der Waals surface area contributed by atoms with Crippen molar-refractivity contribution >= 4 is 21.6 Å². The topological polar surface area (TPSA) is 95.3 Å². The quantitative estimate of drug-likeness (QED) is 0.660. The Labute approximate surface area is 152 Å². The van der Waals surface area contributed by atoms with Crippen LogP contribution in [-0.2, 0) is 21.3 Å². The fraction of sp³-hybridized carbons (Fsp3) is 0.467. The number of sulfonamides is 1. The molecular weight excluding hydrogens is 368 g/mol. The van der Waals surface area contributed by atoms with Gasteiger partial charge >= 0.3 is 6.01 Å². The Bertz CT molecular complexity index is 792. The largest absolute Gasteiger partial charge is 0.461 e. The first-order valence-electron chi connectivity index (χ1n) is 7.71. The Morgan fingerprint density at radius 1 is 1.24 bits per heavy atom. The molecule has 2 rings (SSSR count). The van der Waals surface area contributed by atoms with Gasteiger partial charge in [0.05, 0.1) is 17.5 Å². The van der Waals surface area contributed by atoms with Gasteiger partial charge in [0, 0.05) is 18.7 Å². The first-order valence-corrected chi connectivity index (χ1v) is 9.58. The van der Waals surface area contributed by atoms with Crippen molar-refractivity contribution in [2.45, 2.75) is 31.3 Å². The molecule has 25 heavy (non-hydrogen) atoms. The third kappa shape index (κ3) is 4.91. The zero-order valence-electron chi connectivity index (χ0n) is 14.3. The van der Waals surface area contributed by atoms with Crippen molar-refractivity contribution < 1.29 is 17.9 Å². The summed E-state index contributed by atoms with van der Waals surface area (Å²) >= 11 is 5.80. The fourth-order valence-electron chi connectivity index (χ4n) is 2.21. The van der Waals surface area contributed by atoms with Gasteiger partial charge in [-0.3, -0.25) is 4.57 Å². The van der Waals surface area contributed by atoms with Gasteiger partial charge in [-0.25, -0.2) is 13.1 Å². The van der Waals surface area contributed by atoms with Crippen LogP contribution in [0.25, 0.3) is 0 Å². The van der Waals surface area contributed by atoms with E-state index in [9.17, 15) is 8.42 Å². The van der Waals surface area contributed by atoms with Crippen LogP contribution in [0, 0.1) is 0 Å². The average molecular weight is 389 g/mol. The highest BCUT2D eigenvalue weighted by Crippen LogP contribution is 2.20. The van der Waals surface area contributed by atoms with Gasteiger partial charge in [-0.15, -0.1) is 5.10 Å². The third-order valence-corrected chi connectivity index (χ3v) is 5.23. The third-order valence-electron chi connectivity index (χ3n) is 3.42. The van der Waals surface area contributed by atoms with Crippen LogP contribution in [0.4, 0.5) is 0 Å². The molecule has 1 N–H and O–H groups in total. The molecule has 0 aliphatic rings. The zero-order chi connectivity index (χ0) is 18.4. The van der Waals surface area contributed by atoms with Crippen LogP contribution in [0.5, 0.6) is 6.01 Å². The fourth-order valence-corrected chi connectivity index (χ4v) is 3.54. The molecule has 10 heteroatoms. The predicted molar refractivity (Wildman–Crippen MR) is 93.3 cm³/mol. The van der Waals surface area contributed by atoms with Gasteiger partial charge in [-0.1, -0.05) is 16.7 Å². The molecule has 0 aliphatic heterocycles. The predicted octanol–water partition coefficient (Wildman–Crippen LogP) is 2.02. The first-order chi connectivity index (χ1) is 11.9. The van der Waals surface area contributed by atoms with Crippen LogP contribution in [0.15, 0.2) is 29.2 Å². The van der Waals surface area contributed by atoms with Gasteiger partial charge < -0.3 is 9.47 Å². The lowest BCUT2D eigenvalue weighted by molar-refractivity contribution is 0.138. The number of hydrogen-bond acceptors (Lipinski definition) is 6. The highest BCUT2D eigenvalue weighted by molar-refractivity contribution is 7.89. The Morgan fingerprint density at radius 2 is 1.92 bits per heavy atom. The maximum atomic E-state index is 12.5. The lowest BCUT2D eigenvalue weighted by atomic mass is 10.3. The Morgan fingerprint density at radius 3 is 2.52 bits per heavy atom. The summed E-state index contributed by atoms with van der Waals surface area (Å²) in [6, 6.07) is 5.68. The second kappa shape index (κ2) is 8.61. The normalized spacial score (nSPS) is 13.0. The molecule has 0 radical (unpaired) electrons. The molecule has 0 bridgehead atoms. The molecule has 0 fully saturated rings. The summed E-state index contributed by atoms with van der Waals surface area (Å²) in [5, 5.41) is 8.50. The van der Waals surface area contributed by atoms with Crippen LogP contribution in [0.2, 0.25) is 5.02 Å². The summed E-state index contributed by atoms with van der Waals surface area (Å²) in [6.45, 7) is 4.89. The van der Waals surface area contributed by atoms with E-state index in [2.05, 4.69) is 14.9 Å². The molecule has 1 heterocycles. The van der Waals surface area contributed by atoms with Gasteiger partial charge in [0.2, 0.25) is 10.0 Å². The number of ether oxygens (including phenoxy) is 2. The van der Waals surface area contributed by atoms with Crippen molar-refractivity contribution in [2.24, 2.45) is 0 Å². The van der Waals surface area contributed by atoms with Crippen LogP contribution < -0.4 is 9.46 Å². The molecule has 1 aromatic carbocycles. The molecule has 0 unspecified atom stereocenters. The molecule has 8 nitrogen and oxygen atoms in total. The molecule has 2 aromatic rings. The molecule has 1 aromatic heterocycles. The second-order valence-corrected chi connectivity index (χ2v) is 7.37. The standard InChI is InChI=1S/C15H21ClN4O4S/c1-4-20-14(17-18-15(20)24-10-9-23-3)11(2)19-25(21,22)13-7-5-12(16)6-8-13/h5-8,11,19H,4,9-10H2,1-3H3/t11-/m1/s1. The van der Waals surface area contributed by atoms with Gasteiger partial charge in [0.15, 0.2) is 5.82 Å². The maximum Gasteiger partial charge on any atom is 0.317 e. The Balaban J connectivity index is 2.17. The monoisotopic (exact) mass is 388 g/mol. The lowest BCUT2D eigenvalue weighted by Gasteiger charge is -2.15. The van der Waals surface area contributed by atoms with Crippen molar-refractivity contribution in [3.8, 4) is 6.01 Å². The van der Waals surface area contributed by atoms with Crippen molar-refractivity contribution in [1.29, 1.82) is 0 Å². The van der Waals surface area contributed by atoms with Crippen molar-refractivity contribution in [2.75, 3.05) is 20.3 Å². The highest BCUT2D eigenvalue weighted by atomic mass is 35.5. The van der Waals surface area contributed by atoms with Crippen LogP contribution in [-0.4, -0.2) is 43.5 Å². The van der Waals surface area contributed by atoms with Crippen LogP contribution in [0.1, 0.15) is 25.7 Å². The van der Waals surface area contributed by atoms with Crippen LogP contribution in [0.3, 0.4) is 0 Å². The van der Waals surface area contributed by atoms with E-state index in [4.69, 9.17) is 21.1 Å². The maximum absolute atomic E-state index is 12.5. The van der Waals surface area contributed by atoms with Gasteiger partial charge in [-0.2, -0.15) is 0 Å². The Kier molecular flexibility index (Phi) is 6.77. The van der Waals surface area contributed by atoms with Crippen molar-refractivity contribution in [3.05, 3.63) is 35.1 Å². The van der Waals surface area contributed by atoms with E-state index < -0.39 is 16.1 Å². The molecule has 1 atom stereocenters. The summed E-state index contributed by atoms with van der Waals surface area (Å²) in [7, 11) is -2.14. The first kappa shape index (κ1) is 19.6. The summed E-state index contributed by atoms with van der Waals surface area (Å²) in [5.41, 5.74) is 0. The van der Waals surface area contributed by atoms with E-state index >= 15 is 0 Å². The Hall–Kier alpha value is -1.68. The van der Waals surface area contributed by atoms with Crippen molar-refractivity contribution in [3.63, 3.8) is 0 Å². The number of rotatable bonds is 9. The van der Waals surface area contributed by atoms with Crippen molar-refractivity contribution in [1.82, 2.24) is 19.5 Å². The summed E-state index contributed by atoms with van der Waals surface area (Å²) < 4.78 is 39.7. The lowest BCUT2D eigenvalue weighted by Crippen LogP contribution is -2.29. The van der Waals surface area contributed by atoms with E-state index in [0.29, 0.717) is 36.6 Å². The number of hydrogen-bond donors (Lipinski definition) is 1. The molecule has 0 saturated heterocycles. The minimum absolute atomic E-state index is 0.128. The number of methoxy groups -OCH3 is 1. The number of halogens is 1. The minimum Gasteiger partial charge on any atom is -0.461 e. The zero-order valence-corrected chi connectivity index (χ0v) is 15.8. The molecule has 138 valence electrons. The second-order valence-electron chi connectivity index (χ2n) is 5.22. The minimum atomic E-state index is -3.71. The van der Waals surface area contributed by atoms with E-state index in [1.54, 1.807) is 18.6 Å². The number of nitrogens with one attached hydrogen (secondary N) is 1. The van der Waals surface area contributed by atoms with Crippen LogP contribution >= 0.6 is 11.6 Å². The van der Waals surface area contributed by atoms with E-state index in [1.807, 2.05) is 6.92 Å². The SMILES string of the molecule is CCn1c(OCCOC)nnc1[C@@H](C)NS(=O)(=O)c1ccc(Cl)cc1. The molecular formula is C15H21ClN4O4S. The molecule has 0 spiro atoms. The summed E-state index contributed by atoms with van der Waals surface area (Å²) in [4.78, 5) is 0.128. The van der Waals surface area contributed by atoms with Gasteiger partial charge in [0.25, 0.3) is 0 Å². The number of aromatic nitrogens is 3. The van der Waals surface area contributed by atoms with E-state index in [0.717, 1.165) is 0 Å². The molecule has 0 saturated carbocycles. The highest BCUT2D eigenvalue weighted by Gasteiger charge is 2.23. The molecule has 0 amide bonds. The van der Waals surface area contributed by atoms with E-state index in [1.165, 1.54) is 24.3 Å². The number of nitrogens with zero attached hydrogens (tertiary/aromatic N) is 3. The smallest absolute Gasteiger partial charge is 0.317 e. The van der Waals surface area contributed by atoms with Gasteiger partial charge in [0.1, 0.15) is 6.61 Å². The summed E-state index contributed by atoms with van der Waals surface area (Å²) in [5.74, 6) is 0.465. The molecule has 0 aliphatic carbocycles. The number of benzene rings is 1.